The van der Waals surface area contributed by atoms with Crippen molar-refractivity contribution in [3.8, 4) is 11.8 Å². The first-order valence-corrected chi connectivity index (χ1v) is 3.38. The van der Waals surface area contributed by atoms with E-state index in [0.717, 1.165) is 13.0 Å². The number of aliphatic hydroxyl groups excluding tert-OH is 1. The smallest absolute Gasteiger partial charge is 0.104 e. The third-order valence-electron chi connectivity index (χ3n) is 0.670. The summed E-state index contributed by atoms with van der Waals surface area (Å²) in [6, 6.07) is 0. The van der Waals surface area contributed by atoms with Crippen LogP contribution in [0.2, 0.25) is 0 Å². The Hall–Kier alpha value is -0.520. The Morgan fingerprint density at radius 3 is 1.90 bits per heavy atom. The van der Waals surface area contributed by atoms with Crippen LogP contribution in [0.4, 0.5) is 0 Å². The lowest BCUT2D eigenvalue weighted by atomic mass is 10.5. The van der Waals surface area contributed by atoms with E-state index in [2.05, 4.69) is 16.6 Å². The van der Waals surface area contributed by atoms with Gasteiger partial charge in [0.25, 0.3) is 0 Å². The predicted molar refractivity (Wildman–Crippen MR) is 42.7 cm³/mol. The second kappa shape index (κ2) is 15.8. The second-order valence-corrected chi connectivity index (χ2v) is 1.44. The molecule has 2 nitrogen and oxygen atoms in total. The van der Waals surface area contributed by atoms with Crippen LogP contribution in [0.15, 0.2) is 0 Å². The molecule has 0 bridgehead atoms. The fourth-order valence-corrected chi connectivity index (χ4v) is 0.181. The summed E-state index contributed by atoms with van der Waals surface area (Å²) < 4.78 is 4.54. The van der Waals surface area contributed by atoms with Crippen LogP contribution in [-0.4, -0.2) is 25.4 Å². The Balaban J connectivity index is 0. The third kappa shape index (κ3) is 25.9. The van der Waals surface area contributed by atoms with Gasteiger partial charge in [-0.25, -0.2) is 0 Å². The quantitative estimate of drug-likeness (QED) is 0.557. The molecule has 0 aromatic carbocycles. The minimum absolute atomic E-state index is 0.00611. The highest BCUT2D eigenvalue weighted by molar-refractivity contribution is 4.96. The average molecular weight is 144 g/mol. The van der Waals surface area contributed by atoms with Gasteiger partial charge in [0.15, 0.2) is 0 Å². The summed E-state index contributed by atoms with van der Waals surface area (Å²) in [5, 5.41) is 8.02. The van der Waals surface area contributed by atoms with E-state index in [0.29, 0.717) is 0 Å². The van der Waals surface area contributed by atoms with E-state index >= 15 is 0 Å². The van der Waals surface area contributed by atoms with Gasteiger partial charge in [-0.05, 0) is 6.92 Å². The normalized spacial score (nSPS) is 6.80. The molecule has 0 rings (SSSR count). The van der Waals surface area contributed by atoms with Gasteiger partial charge < -0.3 is 9.84 Å². The first-order chi connectivity index (χ1) is 4.83. The molecule has 0 aliphatic heterocycles. The number of ether oxygens (including phenoxy) is 1. The van der Waals surface area contributed by atoms with E-state index in [4.69, 9.17) is 5.11 Å². The molecule has 0 spiro atoms. The highest BCUT2D eigenvalue weighted by Gasteiger charge is 1.56. The van der Waals surface area contributed by atoms with Gasteiger partial charge in [-0.15, -0.1) is 5.92 Å². The summed E-state index contributed by atoms with van der Waals surface area (Å²) in [4.78, 5) is 0. The number of rotatable bonds is 1. The Morgan fingerprint density at radius 1 is 1.30 bits per heavy atom. The number of aliphatic hydroxyl groups is 1. The van der Waals surface area contributed by atoms with Crippen LogP contribution in [0.25, 0.3) is 0 Å². The fraction of sp³-hybridized carbons (Fsp3) is 0.750. The second-order valence-electron chi connectivity index (χ2n) is 1.44. The molecule has 0 aromatic rings. The van der Waals surface area contributed by atoms with Gasteiger partial charge in [-0.2, -0.15) is 0 Å². The SMILES string of the molecule is CCC#CCO.CCOC. The zero-order valence-corrected chi connectivity index (χ0v) is 6.98. The van der Waals surface area contributed by atoms with Crippen molar-refractivity contribution in [1.29, 1.82) is 0 Å². The lowest BCUT2D eigenvalue weighted by Crippen LogP contribution is -1.73. The van der Waals surface area contributed by atoms with E-state index in [1.807, 2.05) is 13.8 Å². The van der Waals surface area contributed by atoms with Crippen LogP contribution < -0.4 is 0 Å². The zero-order valence-electron chi connectivity index (χ0n) is 6.98. The van der Waals surface area contributed by atoms with E-state index < -0.39 is 0 Å². The summed E-state index contributed by atoms with van der Waals surface area (Å²) >= 11 is 0. The van der Waals surface area contributed by atoms with Crippen LogP contribution in [-0.2, 0) is 4.74 Å². The lowest BCUT2D eigenvalue weighted by molar-refractivity contribution is 0.215. The maximum absolute atomic E-state index is 8.02. The minimum atomic E-state index is -0.00611. The lowest BCUT2D eigenvalue weighted by Gasteiger charge is -1.76. The highest BCUT2D eigenvalue weighted by Crippen LogP contribution is 1.63. The van der Waals surface area contributed by atoms with Gasteiger partial charge in [0.2, 0.25) is 0 Å². The first kappa shape index (κ1) is 12.2. The van der Waals surface area contributed by atoms with Gasteiger partial charge in [-0.3, -0.25) is 0 Å². The Kier molecular flexibility index (Phi) is 19.3. The molecule has 0 aliphatic carbocycles. The standard InChI is InChI=1S/C5H8O.C3H8O/c1-2-3-4-5-6;1-3-4-2/h6H,2,5H2,1H3;3H2,1-2H3. The third-order valence-corrected chi connectivity index (χ3v) is 0.670. The molecular formula is C8H16O2. The highest BCUT2D eigenvalue weighted by atomic mass is 16.5. The van der Waals surface area contributed by atoms with Crippen molar-refractivity contribution in [3.63, 3.8) is 0 Å². The molecule has 0 amide bonds. The maximum Gasteiger partial charge on any atom is 0.104 e. The molecule has 0 saturated heterocycles. The Bertz CT molecular complexity index is 79.2. The molecule has 0 aromatic heterocycles. The molecule has 0 unspecified atom stereocenters. The van der Waals surface area contributed by atoms with Crippen molar-refractivity contribution in [2.75, 3.05) is 20.3 Å². The van der Waals surface area contributed by atoms with Crippen LogP contribution in [0, 0.1) is 11.8 Å². The summed E-state index contributed by atoms with van der Waals surface area (Å²) in [5.74, 6) is 5.20. The van der Waals surface area contributed by atoms with Crippen molar-refractivity contribution >= 4 is 0 Å². The number of hydrogen-bond acceptors (Lipinski definition) is 2. The molecule has 2 heteroatoms. The fourth-order valence-electron chi connectivity index (χ4n) is 0.181. The van der Waals surface area contributed by atoms with Crippen LogP contribution >= 0.6 is 0 Å². The van der Waals surface area contributed by atoms with Gasteiger partial charge in [0.05, 0.1) is 0 Å². The Labute approximate surface area is 63.2 Å². The largest absolute Gasteiger partial charge is 0.385 e. The maximum atomic E-state index is 8.02. The summed E-state index contributed by atoms with van der Waals surface area (Å²) in [5.41, 5.74) is 0. The van der Waals surface area contributed by atoms with Gasteiger partial charge in [0, 0.05) is 20.1 Å². The topological polar surface area (TPSA) is 29.5 Å². The first-order valence-electron chi connectivity index (χ1n) is 3.38. The van der Waals surface area contributed by atoms with Crippen LogP contribution in [0.3, 0.4) is 0 Å². The number of methoxy groups -OCH3 is 1. The molecule has 0 fully saturated rings. The molecule has 0 radical (unpaired) electrons. The van der Waals surface area contributed by atoms with E-state index in [9.17, 15) is 0 Å². The predicted octanol–water partition coefficient (Wildman–Crippen LogP) is 1.04. The summed E-state index contributed by atoms with van der Waals surface area (Å²) in [7, 11) is 1.68. The van der Waals surface area contributed by atoms with Crippen molar-refractivity contribution < 1.29 is 9.84 Å². The van der Waals surface area contributed by atoms with E-state index in [-0.39, 0.29) is 6.61 Å². The molecular weight excluding hydrogens is 128 g/mol. The van der Waals surface area contributed by atoms with Crippen molar-refractivity contribution in [2.45, 2.75) is 20.3 Å². The van der Waals surface area contributed by atoms with Crippen molar-refractivity contribution in [2.24, 2.45) is 0 Å². The number of hydrogen-bond donors (Lipinski definition) is 1. The molecule has 10 heavy (non-hydrogen) atoms. The molecule has 0 heterocycles. The van der Waals surface area contributed by atoms with E-state index in [1.165, 1.54) is 0 Å². The molecule has 0 aliphatic rings. The molecule has 0 saturated carbocycles. The van der Waals surface area contributed by atoms with Crippen LogP contribution in [0.5, 0.6) is 0 Å². The van der Waals surface area contributed by atoms with Gasteiger partial charge in [0.1, 0.15) is 6.61 Å². The zero-order chi connectivity index (χ0) is 8.24. The van der Waals surface area contributed by atoms with Crippen molar-refractivity contribution in [1.82, 2.24) is 0 Å². The van der Waals surface area contributed by atoms with E-state index in [1.54, 1.807) is 7.11 Å². The minimum Gasteiger partial charge on any atom is -0.385 e. The molecule has 0 atom stereocenters. The monoisotopic (exact) mass is 144 g/mol. The average Bonchev–Trinajstić information content (AvgIpc) is 2.01. The summed E-state index contributed by atoms with van der Waals surface area (Å²) in [6.45, 7) is 4.72. The van der Waals surface area contributed by atoms with Crippen LogP contribution in [0.1, 0.15) is 20.3 Å². The van der Waals surface area contributed by atoms with Gasteiger partial charge in [-0.1, -0.05) is 12.8 Å². The molecule has 60 valence electrons. The summed E-state index contributed by atoms with van der Waals surface area (Å²) in [6.07, 6.45) is 0.834. The Morgan fingerprint density at radius 2 is 1.80 bits per heavy atom. The van der Waals surface area contributed by atoms with Crippen molar-refractivity contribution in [3.05, 3.63) is 0 Å². The van der Waals surface area contributed by atoms with Gasteiger partial charge >= 0.3 is 0 Å². The molecule has 1 N–H and O–H groups in total.